The van der Waals surface area contributed by atoms with Gasteiger partial charge in [-0.1, -0.05) is 0 Å². The summed E-state index contributed by atoms with van der Waals surface area (Å²) in [6, 6.07) is 5.89. The second kappa shape index (κ2) is 7.26. The zero-order valence-corrected chi connectivity index (χ0v) is 16.0. The second-order valence-electron chi connectivity index (χ2n) is 7.07. The number of hydrogen-bond acceptors (Lipinski definition) is 5. The van der Waals surface area contributed by atoms with Crippen molar-refractivity contribution in [2.45, 2.75) is 39.9 Å². The highest BCUT2D eigenvalue weighted by molar-refractivity contribution is 5.92. The Morgan fingerprint density at radius 3 is 2.82 bits per heavy atom. The predicted molar refractivity (Wildman–Crippen MR) is 104 cm³/mol. The van der Waals surface area contributed by atoms with E-state index in [0.29, 0.717) is 18.8 Å². The molecule has 4 rings (SSSR count). The predicted octanol–water partition coefficient (Wildman–Crippen LogP) is 1.83. The van der Waals surface area contributed by atoms with Crippen molar-refractivity contribution in [2.24, 2.45) is 0 Å². The van der Waals surface area contributed by atoms with Gasteiger partial charge < -0.3 is 9.88 Å². The normalized spacial score (nSPS) is 12.4. The zero-order chi connectivity index (χ0) is 19.7. The molecule has 4 aromatic rings. The molecule has 1 atom stereocenters. The molecular formula is C19H22N8O. The van der Waals surface area contributed by atoms with Gasteiger partial charge in [0.25, 0.3) is 5.91 Å². The number of carbonyl (C=O) groups excluding carboxylic acids is 1. The first kappa shape index (κ1) is 17.9. The summed E-state index contributed by atoms with van der Waals surface area (Å²) in [6.07, 6.45) is 4.90. The maximum absolute atomic E-state index is 12.4. The third kappa shape index (κ3) is 3.64. The van der Waals surface area contributed by atoms with Crippen LogP contribution < -0.4 is 5.32 Å². The lowest BCUT2D eigenvalue weighted by atomic mass is 10.1. The van der Waals surface area contributed by atoms with Crippen LogP contribution in [0.15, 0.2) is 37.2 Å². The zero-order valence-electron chi connectivity index (χ0n) is 16.0. The molecule has 9 nitrogen and oxygen atoms in total. The average Bonchev–Trinajstić information content (AvgIpc) is 3.39. The molecule has 0 aliphatic rings. The molecule has 3 heterocycles. The molecule has 1 unspecified atom stereocenters. The molecule has 0 fully saturated rings. The van der Waals surface area contributed by atoms with Crippen molar-refractivity contribution < 1.29 is 4.79 Å². The van der Waals surface area contributed by atoms with E-state index in [1.807, 2.05) is 17.8 Å². The summed E-state index contributed by atoms with van der Waals surface area (Å²) < 4.78 is 3.72. The molecule has 1 amide bonds. The fourth-order valence-corrected chi connectivity index (χ4v) is 3.13. The van der Waals surface area contributed by atoms with Crippen LogP contribution in [0.2, 0.25) is 0 Å². The van der Waals surface area contributed by atoms with Crippen molar-refractivity contribution in [3.05, 3.63) is 59.7 Å². The number of aromatic nitrogens is 7. The van der Waals surface area contributed by atoms with E-state index in [1.165, 1.54) is 17.5 Å². The molecule has 0 radical (unpaired) electrons. The van der Waals surface area contributed by atoms with Crippen LogP contribution in [0.3, 0.4) is 0 Å². The van der Waals surface area contributed by atoms with Crippen LogP contribution in [0.1, 0.15) is 34.2 Å². The number of rotatable bonds is 6. The molecule has 0 bridgehead atoms. The molecule has 0 saturated carbocycles. The van der Waals surface area contributed by atoms with E-state index >= 15 is 0 Å². The lowest BCUT2D eigenvalue weighted by Crippen LogP contribution is -2.36. The number of aryl methyl sites for hydroxylation is 2. The van der Waals surface area contributed by atoms with Gasteiger partial charge in [0.15, 0.2) is 0 Å². The summed E-state index contributed by atoms with van der Waals surface area (Å²) >= 11 is 0. The number of carbonyl (C=O) groups is 1. The number of imidazole rings is 1. The van der Waals surface area contributed by atoms with E-state index in [1.54, 1.807) is 17.1 Å². The molecule has 9 heteroatoms. The second-order valence-corrected chi connectivity index (χ2v) is 7.07. The number of amides is 1. The fraction of sp³-hybridized carbons (Fsp3) is 0.316. The smallest absolute Gasteiger partial charge is 0.272 e. The first-order valence-electron chi connectivity index (χ1n) is 9.09. The molecule has 0 aliphatic carbocycles. The van der Waals surface area contributed by atoms with E-state index in [9.17, 15) is 4.79 Å². The highest BCUT2D eigenvalue weighted by atomic mass is 16.2. The number of benzene rings is 1. The van der Waals surface area contributed by atoms with Gasteiger partial charge >= 0.3 is 0 Å². The summed E-state index contributed by atoms with van der Waals surface area (Å²) in [5, 5.41) is 14.1. The molecule has 0 spiro atoms. The molecule has 0 aliphatic heterocycles. The van der Waals surface area contributed by atoms with Gasteiger partial charge in [0.05, 0.1) is 36.1 Å². The van der Waals surface area contributed by atoms with Crippen LogP contribution in [-0.2, 0) is 13.1 Å². The van der Waals surface area contributed by atoms with Crippen LogP contribution in [-0.4, -0.2) is 46.5 Å². The van der Waals surface area contributed by atoms with Crippen molar-refractivity contribution >= 4 is 16.9 Å². The van der Waals surface area contributed by atoms with Crippen molar-refractivity contribution in [3.63, 3.8) is 0 Å². The van der Waals surface area contributed by atoms with Gasteiger partial charge in [-0.25, -0.2) is 9.97 Å². The number of aromatic amines is 1. The Hall–Kier alpha value is -3.49. The van der Waals surface area contributed by atoms with Crippen molar-refractivity contribution in [1.29, 1.82) is 0 Å². The molecule has 0 saturated heterocycles. The minimum Gasteiger partial charge on any atom is -0.346 e. The summed E-state index contributed by atoms with van der Waals surface area (Å²) in [6.45, 7) is 7.19. The Morgan fingerprint density at radius 2 is 2.04 bits per heavy atom. The summed E-state index contributed by atoms with van der Waals surface area (Å²) in [5.74, 6) is -0.225. The van der Waals surface area contributed by atoms with E-state index in [4.69, 9.17) is 0 Å². The summed E-state index contributed by atoms with van der Waals surface area (Å²) in [5.41, 5.74) is 5.66. The van der Waals surface area contributed by atoms with E-state index in [-0.39, 0.29) is 11.9 Å². The molecule has 144 valence electrons. The fourth-order valence-electron chi connectivity index (χ4n) is 3.13. The van der Waals surface area contributed by atoms with E-state index in [0.717, 1.165) is 16.7 Å². The maximum Gasteiger partial charge on any atom is 0.272 e. The van der Waals surface area contributed by atoms with Crippen LogP contribution in [0.25, 0.3) is 11.0 Å². The molecule has 1 aromatic carbocycles. The number of nitrogens with one attached hydrogen (secondary N) is 2. The van der Waals surface area contributed by atoms with Gasteiger partial charge in [0.1, 0.15) is 18.3 Å². The first-order chi connectivity index (χ1) is 13.5. The van der Waals surface area contributed by atoms with Crippen molar-refractivity contribution in [1.82, 2.24) is 39.8 Å². The third-order valence-electron chi connectivity index (χ3n) is 4.75. The van der Waals surface area contributed by atoms with Crippen LogP contribution in [0, 0.1) is 13.8 Å². The summed E-state index contributed by atoms with van der Waals surface area (Å²) in [7, 11) is 0. The van der Waals surface area contributed by atoms with Gasteiger partial charge in [0.2, 0.25) is 0 Å². The molecule has 3 aromatic heterocycles. The first-order valence-corrected chi connectivity index (χ1v) is 9.09. The minimum absolute atomic E-state index is 0.0989. The van der Waals surface area contributed by atoms with Gasteiger partial charge in [-0.05, 0) is 50.1 Å². The average molecular weight is 378 g/mol. The largest absolute Gasteiger partial charge is 0.346 e. The maximum atomic E-state index is 12.4. The molecule has 2 N–H and O–H groups in total. The van der Waals surface area contributed by atoms with Gasteiger partial charge in [-0.15, -0.1) is 0 Å². The van der Waals surface area contributed by atoms with Crippen molar-refractivity contribution in [3.8, 4) is 0 Å². The highest BCUT2D eigenvalue weighted by Crippen LogP contribution is 2.19. The Labute approximate surface area is 161 Å². The standard InChI is InChI=1S/C19H22N8O/c1-12-4-16-18(5-13(12)2)26(11-21-16)8-15-6-17(25-24-15)19(28)23-14(3)7-27-10-20-9-22-27/h4-6,9-11,14H,7-8H2,1-3H3,(H,23,28)(H,24,25). The number of fused-ring (bicyclic) bond motifs is 1. The topological polar surface area (TPSA) is 106 Å². The van der Waals surface area contributed by atoms with Gasteiger partial charge in [-0.2, -0.15) is 10.2 Å². The van der Waals surface area contributed by atoms with E-state index < -0.39 is 0 Å². The lowest BCUT2D eigenvalue weighted by molar-refractivity contribution is 0.0931. The third-order valence-corrected chi connectivity index (χ3v) is 4.75. The minimum atomic E-state index is -0.225. The Morgan fingerprint density at radius 1 is 1.21 bits per heavy atom. The number of H-pyrrole nitrogens is 1. The highest BCUT2D eigenvalue weighted by Gasteiger charge is 2.15. The molecule has 28 heavy (non-hydrogen) atoms. The van der Waals surface area contributed by atoms with Crippen LogP contribution in [0.5, 0.6) is 0 Å². The molecular weight excluding hydrogens is 356 g/mol. The van der Waals surface area contributed by atoms with E-state index in [2.05, 4.69) is 56.6 Å². The SMILES string of the molecule is Cc1cc2ncn(Cc3cc(C(=O)NC(C)Cn4cncn4)n[nH]3)c2cc1C. The number of nitrogens with zero attached hydrogens (tertiary/aromatic N) is 6. The Bertz CT molecular complexity index is 1110. The number of hydrogen-bond donors (Lipinski definition) is 2. The van der Waals surface area contributed by atoms with Gasteiger partial charge in [0, 0.05) is 6.04 Å². The van der Waals surface area contributed by atoms with Crippen LogP contribution >= 0.6 is 0 Å². The summed E-state index contributed by atoms with van der Waals surface area (Å²) in [4.78, 5) is 20.8. The van der Waals surface area contributed by atoms with Crippen molar-refractivity contribution in [2.75, 3.05) is 0 Å². The Balaban J connectivity index is 1.44. The quantitative estimate of drug-likeness (QED) is 0.532. The van der Waals surface area contributed by atoms with Crippen LogP contribution in [0.4, 0.5) is 0 Å². The lowest BCUT2D eigenvalue weighted by Gasteiger charge is -2.12. The Kier molecular flexibility index (Phi) is 4.64. The van der Waals surface area contributed by atoms with Gasteiger partial charge in [-0.3, -0.25) is 14.6 Å². The monoisotopic (exact) mass is 378 g/mol.